The lowest BCUT2D eigenvalue weighted by molar-refractivity contribution is 0.289. The highest BCUT2D eigenvalue weighted by Gasteiger charge is 2.51. The summed E-state index contributed by atoms with van der Waals surface area (Å²) in [5.41, 5.74) is 6.05. The minimum absolute atomic E-state index is 0.0519. The molecule has 1 aliphatic carbocycles. The number of aromatic nitrogens is 2. The van der Waals surface area contributed by atoms with Gasteiger partial charge in [0.25, 0.3) is 5.56 Å². The molecule has 1 aromatic heterocycles. The molecule has 2 aliphatic rings. The second kappa shape index (κ2) is 3.30. The third-order valence-electron chi connectivity index (χ3n) is 3.44. The fourth-order valence-corrected chi connectivity index (χ4v) is 2.79. The molecule has 16 heavy (non-hydrogen) atoms. The van der Waals surface area contributed by atoms with Crippen molar-refractivity contribution >= 4 is 21.7 Å². The van der Waals surface area contributed by atoms with Crippen molar-refractivity contribution in [1.29, 1.82) is 0 Å². The highest BCUT2D eigenvalue weighted by Crippen LogP contribution is 2.44. The Morgan fingerprint density at radius 3 is 2.88 bits per heavy atom. The normalized spacial score (nSPS) is 23.0. The molecule has 1 saturated carbocycles. The summed E-state index contributed by atoms with van der Waals surface area (Å²) < 4.78 is 0.493. The van der Waals surface area contributed by atoms with Crippen LogP contribution in [0.2, 0.25) is 0 Å². The Labute approximate surface area is 101 Å². The number of hydrogen-bond donors (Lipinski definition) is 2. The monoisotopic (exact) mass is 284 g/mol. The topological polar surface area (TPSA) is 75.0 Å². The minimum atomic E-state index is -0.147. The molecule has 1 saturated heterocycles. The first-order chi connectivity index (χ1) is 7.60. The van der Waals surface area contributed by atoms with Gasteiger partial charge in [-0.15, -0.1) is 0 Å². The first kappa shape index (κ1) is 10.3. The Hall–Kier alpha value is -0.880. The standard InChI is InChI=1S/C10H13BrN4O/c11-7-8(13-5-14-9(7)16)15-3-10(12,4-15)6-1-2-6/h5-6H,1-4,12H2,(H,13,14,16). The molecule has 0 atom stereocenters. The number of nitrogens with zero attached hydrogens (tertiary/aromatic N) is 2. The van der Waals surface area contributed by atoms with Crippen LogP contribution in [0.1, 0.15) is 12.8 Å². The van der Waals surface area contributed by atoms with E-state index in [1.165, 1.54) is 19.2 Å². The summed E-state index contributed by atoms with van der Waals surface area (Å²) in [5, 5.41) is 0. The van der Waals surface area contributed by atoms with Crippen LogP contribution in [-0.2, 0) is 0 Å². The molecule has 0 spiro atoms. The van der Waals surface area contributed by atoms with Gasteiger partial charge in [0.1, 0.15) is 10.3 Å². The van der Waals surface area contributed by atoms with Crippen LogP contribution in [0, 0.1) is 5.92 Å². The highest BCUT2D eigenvalue weighted by molar-refractivity contribution is 9.10. The lowest BCUT2D eigenvalue weighted by atomic mass is 9.86. The zero-order chi connectivity index (χ0) is 11.3. The van der Waals surface area contributed by atoms with Crippen LogP contribution in [0.15, 0.2) is 15.6 Å². The van der Waals surface area contributed by atoms with Gasteiger partial charge in [-0.1, -0.05) is 0 Å². The van der Waals surface area contributed by atoms with Crippen LogP contribution in [-0.4, -0.2) is 28.6 Å². The van der Waals surface area contributed by atoms with Crippen molar-refractivity contribution in [2.45, 2.75) is 18.4 Å². The second-order valence-electron chi connectivity index (χ2n) is 4.73. The zero-order valence-electron chi connectivity index (χ0n) is 8.74. The summed E-state index contributed by atoms with van der Waals surface area (Å²) in [6, 6.07) is 0. The van der Waals surface area contributed by atoms with Crippen LogP contribution in [0.5, 0.6) is 0 Å². The van der Waals surface area contributed by atoms with Gasteiger partial charge in [-0.2, -0.15) is 0 Å². The van der Waals surface area contributed by atoms with Gasteiger partial charge in [0.15, 0.2) is 0 Å². The summed E-state index contributed by atoms with van der Waals surface area (Å²) >= 11 is 3.26. The molecule has 2 heterocycles. The Morgan fingerprint density at radius 2 is 2.25 bits per heavy atom. The molecule has 86 valence electrons. The maximum atomic E-state index is 11.4. The van der Waals surface area contributed by atoms with Crippen molar-refractivity contribution in [3.8, 4) is 0 Å². The van der Waals surface area contributed by atoms with Gasteiger partial charge in [-0.3, -0.25) is 4.79 Å². The van der Waals surface area contributed by atoms with Gasteiger partial charge >= 0.3 is 0 Å². The molecule has 2 fully saturated rings. The van der Waals surface area contributed by atoms with Gasteiger partial charge in [0, 0.05) is 13.1 Å². The van der Waals surface area contributed by atoms with Crippen molar-refractivity contribution in [3.63, 3.8) is 0 Å². The first-order valence-electron chi connectivity index (χ1n) is 5.37. The quantitative estimate of drug-likeness (QED) is 0.828. The number of halogens is 1. The number of nitrogens with one attached hydrogen (secondary N) is 1. The average Bonchev–Trinajstić information content (AvgIpc) is 3.01. The predicted octanol–water partition coefficient (Wildman–Crippen LogP) is 0.460. The van der Waals surface area contributed by atoms with E-state index >= 15 is 0 Å². The lowest BCUT2D eigenvalue weighted by Gasteiger charge is -2.49. The van der Waals surface area contributed by atoms with E-state index in [0.29, 0.717) is 16.2 Å². The molecule has 0 amide bonds. The Bertz CT molecular complexity index is 476. The van der Waals surface area contributed by atoms with E-state index in [1.807, 2.05) is 0 Å². The third-order valence-corrected chi connectivity index (χ3v) is 4.15. The molecule has 6 heteroatoms. The van der Waals surface area contributed by atoms with Crippen LogP contribution >= 0.6 is 15.9 Å². The average molecular weight is 285 g/mol. The van der Waals surface area contributed by atoms with Crippen molar-refractivity contribution < 1.29 is 0 Å². The van der Waals surface area contributed by atoms with Crippen LogP contribution in [0.4, 0.5) is 5.82 Å². The molecule has 1 aromatic rings. The predicted molar refractivity (Wildman–Crippen MR) is 64.4 cm³/mol. The molecule has 0 unspecified atom stereocenters. The maximum absolute atomic E-state index is 11.4. The fourth-order valence-electron chi connectivity index (χ4n) is 2.32. The third kappa shape index (κ3) is 1.48. The Balaban J connectivity index is 1.81. The van der Waals surface area contributed by atoms with Crippen molar-refractivity contribution in [2.75, 3.05) is 18.0 Å². The van der Waals surface area contributed by atoms with E-state index in [2.05, 4.69) is 30.8 Å². The van der Waals surface area contributed by atoms with E-state index < -0.39 is 0 Å². The molecular weight excluding hydrogens is 272 g/mol. The first-order valence-corrected chi connectivity index (χ1v) is 6.16. The minimum Gasteiger partial charge on any atom is -0.352 e. The molecule has 0 bridgehead atoms. The van der Waals surface area contributed by atoms with E-state index in [-0.39, 0.29) is 11.1 Å². The van der Waals surface area contributed by atoms with Crippen molar-refractivity contribution in [2.24, 2.45) is 11.7 Å². The number of anilines is 1. The lowest BCUT2D eigenvalue weighted by Crippen LogP contribution is -2.69. The molecule has 0 radical (unpaired) electrons. The number of nitrogens with two attached hydrogens (primary N) is 1. The highest BCUT2D eigenvalue weighted by atomic mass is 79.9. The molecule has 1 aliphatic heterocycles. The summed E-state index contributed by atoms with van der Waals surface area (Å²) in [4.78, 5) is 20.1. The second-order valence-corrected chi connectivity index (χ2v) is 5.53. The summed E-state index contributed by atoms with van der Waals surface area (Å²) in [7, 11) is 0. The van der Waals surface area contributed by atoms with Crippen LogP contribution in [0.25, 0.3) is 0 Å². The smallest absolute Gasteiger partial charge is 0.267 e. The maximum Gasteiger partial charge on any atom is 0.267 e. The van der Waals surface area contributed by atoms with Crippen molar-refractivity contribution in [1.82, 2.24) is 9.97 Å². The SMILES string of the molecule is NC1(C2CC2)CN(c2nc[nH]c(=O)c2Br)C1. The van der Waals surface area contributed by atoms with Gasteiger partial charge < -0.3 is 15.6 Å². The van der Waals surface area contributed by atoms with E-state index in [4.69, 9.17) is 5.73 Å². The number of H-pyrrole nitrogens is 1. The largest absolute Gasteiger partial charge is 0.352 e. The van der Waals surface area contributed by atoms with Crippen LogP contribution in [0.3, 0.4) is 0 Å². The Morgan fingerprint density at radius 1 is 1.56 bits per heavy atom. The molecule has 3 rings (SSSR count). The number of hydrogen-bond acceptors (Lipinski definition) is 4. The van der Waals surface area contributed by atoms with Gasteiger partial charge in [0.05, 0.1) is 11.9 Å². The molecule has 0 aromatic carbocycles. The van der Waals surface area contributed by atoms with Gasteiger partial charge in [-0.05, 0) is 34.7 Å². The van der Waals surface area contributed by atoms with Gasteiger partial charge in [0.2, 0.25) is 0 Å². The molecular formula is C10H13BrN4O. The fraction of sp³-hybridized carbons (Fsp3) is 0.600. The molecule has 5 nitrogen and oxygen atoms in total. The van der Waals surface area contributed by atoms with Crippen LogP contribution < -0.4 is 16.2 Å². The summed E-state index contributed by atoms with van der Waals surface area (Å²) in [5.74, 6) is 1.37. The van der Waals surface area contributed by atoms with Gasteiger partial charge in [-0.25, -0.2) is 4.98 Å². The molecule has 3 N–H and O–H groups in total. The summed E-state index contributed by atoms with van der Waals surface area (Å²) in [6.07, 6.45) is 3.92. The number of rotatable bonds is 2. The summed E-state index contributed by atoms with van der Waals surface area (Å²) in [6.45, 7) is 1.60. The van der Waals surface area contributed by atoms with E-state index in [1.54, 1.807) is 0 Å². The zero-order valence-corrected chi connectivity index (χ0v) is 10.3. The van der Waals surface area contributed by atoms with Crippen molar-refractivity contribution in [3.05, 3.63) is 21.2 Å². The Kier molecular flexibility index (Phi) is 2.12. The van der Waals surface area contributed by atoms with E-state index in [9.17, 15) is 4.79 Å². The number of aromatic amines is 1. The van der Waals surface area contributed by atoms with E-state index in [0.717, 1.165) is 13.1 Å².